The molecule has 0 aromatic heterocycles. The van der Waals surface area contributed by atoms with E-state index in [9.17, 15) is 0 Å². The van der Waals surface area contributed by atoms with E-state index in [4.69, 9.17) is 0 Å². The van der Waals surface area contributed by atoms with E-state index >= 15 is 0 Å². The van der Waals surface area contributed by atoms with Gasteiger partial charge in [0.15, 0.2) is 0 Å². The Morgan fingerprint density at radius 1 is 0.279 bits per heavy atom. The van der Waals surface area contributed by atoms with Crippen LogP contribution in [0.4, 0.5) is 34.1 Å². The summed E-state index contributed by atoms with van der Waals surface area (Å²) in [5.74, 6) is 0. The maximum atomic E-state index is 2.44. The third-order valence-electron chi connectivity index (χ3n) is 12.0. The summed E-state index contributed by atoms with van der Waals surface area (Å²) in [4.78, 5) is 4.79. The molecule has 0 aliphatic heterocycles. The lowest BCUT2D eigenvalue weighted by molar-refractivity contribution is 1.29. The molecule has 0 spiro atoms. The summed E-state index contributed by atoms with van der Waals surface area (Å²) < 4.78 is 0. The van der Waals surface area contributed by atoms with E-state index < -0.39 is 0 Å². The minimum absolute atomic E-state index is 1.10. The Morgan fingerprint density at radius 2 is 0.754 bits per heavy atom. The van der Waals surface area contributed by atoms with Gasteiger partial charge in [0.1, 0.15) is 0 Å². The Kier molecular flexibility index (Phi) is 9.09. The van der Waals surface area contributed by atoms with Gasteiger partial charge in [0.2, 0.25) is 0 Å². The van der Waals surface area contributed by atoms with Gasteiger partial charge in [0, 0.05) is 33.8 Å². The van der Waals surface area contributed by atoms with E-state index in [1.54, 1.807) is 0 Å². The fourth-order valence-corrected chi connectivity index (χ4v) is 9.34. The first-order valence-electron chi connectivity index (χ1n) is 21.0. The minimum Gasteiger partial charge on any atom is -0.310 e. The van der Waals surface area contributed by atoms with Gasteiger partial charge in [0.25, 0.3) is 0 Å². The van der Waals surface area contributed by atoms with Crippen molar-refractivity contribution in [1.82, 2.24) is 0 Å². The van der Waals surface area contributed by atoms with Gasteiger partial charge in [-0.2, -0.15) is 0 Å². The molecule has 0 heterocycles. The van der Waals surface area contributed by atoms with Crippen LogP contribution in [-0.2, 0) is 0 Å². The van der Waals surface area contributed by atoms with Crippen molar-refractivity contribution in [2.45, 2.75) is 6.92 Å². The Morgan fingerprint density at radius 3 is 1.39 bits per heavy atom. The molecule has 0 unspecified atom stereocenters. The molecule has 11 aromatic rings. The molecule has 0 fully saturated rings. The first-order valence-corrected chi connectivity index (χ1v) is 21.0. The summed E-state index contributed by atoms with van der Waals surface area (Å²) in [6, 6.07) is 86.2. The second kappa shape index (κ2) is 15.3. The number of fused-ring (bicyclic) bond motifs is 4. The van der Waals surface area contributed by atoms with E-state index in [1.807, 2.05) is 0 Å². The van der Waals surface area contributed by atoms with Crippen molar-refractivity contribution < 1.29 is 0 Å². The molecule has 0 N–H and O–H groups in total. The van der Waals surface area contributed by atoms with Gasteiger partial charge in [0.05, 0.1) is 5.69 Å². The third kappa shape index (κ3) is 6.46. The first-order chi connectivity index (χ1) is 30.2. The molecule has 11 rings (SSSR count). The lowest BCUT2D eigenvalue weighted by Crippen LogP contribution is -2.10. The number of hydrogen-bond acceptors (Lipinski definition) is 2. The summed E-state index contributed by atoms with van der Waals surface area (Å²) in [5, 5.41) is 9.69. The van der Waals surface area contributed by atoms with Crippen molar-refractivity contribution in [1.29, 1.82) is 0 Å². The summed E-state index contributed by atoms with van der Waals surface area (Å²) in [5.41, 5.74) is 12.8. The van der Waals surface area contributed by atoms with Gasteiger partial charge in [-0.05, 0) is 134 Å². The molecular formula is C59H42N2. The van der Waals surface area contributed by atoms with Crippen molar-refractivity contribution in [3.63, 3.8) is 0 Å². The molecule has 0 aliphatic rings. The monoisotopic (exact) mass is 778 g/mol. The zero-order valence-corrected chi connectivity index (χ0v) is 33.9. The molecule has 61 heavy (non-hydrogen) atoms. The van der Waals surface area contributed by atoms with E-state index in [2.05, 4.69) is 253 Å². The molecule has 2 heteroatoms. The normalized spacial score (nSPS) is 11.4. The van der Waals surface area contributed by atoms with Crippen LogP contribution in [0.15, 0.2) is 237 Å². The predicted molar refractivity (Wildman–Crippen MR) is 261 cm³/mol. The number of hydrogen-bond donors (Lipinski definition) is 0. The van der Waals surface area contributed by atoms with Crippen LogP contribution in [0.5, 0.6) is 0 Å². The Bertz CT molecular complexity index is 3320. The van der Waals surface area contributed by atoms with E-state index in [-0.39, 0.29) is 0 Å². The van der Waals surface area contributed by atoms with E-state index in [1.165, 1.54) is 70.9 Å². The second-order valence-electron chi connectivity index (χ2n) is 15.8. The fourth-order valence-electron chi connectivity index (χ4n) is 9.34. The summed E-state index contributed by atoms with van der Waals surface area (Å²) in [6.45, 7) is 2.19. The quantitative estimate of drug-likeness (QED) is 0.142. The zero-order valence-electron chi connectivity index (χ0n) is 33.9. The molecule has 0 amide bonds. The first kappa shape index (κ1) is 36.2. The second-order valence-corrected chi connectivity index (χ2v) is 15.8. The average molecular weight is 779 g/mol. The van der Waals surface area contributed by atoms with Crippen molar-refractivity contribution in [2.75, 3.05) is 9.80 Å². The van der Waals surface area contributed by atoms with Gasteiger partial charge in [-0.3, -0.25) is 0 Å². The van der Waals surface area contributed by atoms with Gasteiger partial charge in [-0.1, -0.05) is 175 Å². The van der Waals surface area contributed by atoms with Crippen molar-refractivity contribution in [2.24, 2.45) is 0 Å². The minimum atomic E-state index is 1.10. The van der Waals surface area contributed by atoms with E-state index in [0.29, 0.717) is 0 Å². The van der Waals surface area contributed by atoms with Crippen LogP contribution >= 0.6 is 0 Å². The van der Waals surface area contributed by atoms with Gasteiger partial charge < -0.3 is 9.80 Å². The molecule has 0 saturated heterocycles. The molecule has 0 bridgehead atoms. The summed E-state index contributed by atoms with van der Waals surface area (Å²) in [6.07, 6.45) is 0. The van der Waals surface area contributed by atoms with Crippen molar-refractivity contribution in [3.8, 4) is 22.3 Å². The standard InChI is InChI=1S/C59H42N2/c1-41-18-15-23-44(38-41)58-53-36-35-49(61(47-28-9-4-10-29-47)57-33-17-22-43-20-12-14-31-51(43)57)40-56(53)59(52-32-16-21-42-19-11-13-30-50(42)52)54-37-34-48(39-55(54)58)60(45-24-5-2-6-25-45)46-26-7-3-8-27-46/h2-40H,1H3. The third-order valence-corrected chi connectivity index (χ3v) is 12.0. The number of aryl methyl sites for hydroxylation is 1. The number of benzene rings is 11. The van der Waals surface area contributed by atoms with Crippen LogP contribution < -0.4 is 9.80 Å². The molecule has 288 valence electrons. The summed E-state index contributed by atoms with van der Waals surface area (Å²) >= 11 is 0. The highest BCUT2D eigenvalue weighted by Crippen LogP contribution is 2.50. The lowest BCUT2D eigenvalue weighted by Gasteiger charge is -2.29. The van der Waals surface area contributed by atoms with Crippen LogP contribution in [0, 0.1) is 6.92 Å². The molecule has 2 nitrogen and oxygen atoms in total. The fraction of sp³-hybridized carbons (Fsp3) is 0.0169. The lowest BCUT2D eigenvalue weighted by atomic mass is 9.84. The number of rotatable bonds is 8. The van der Waals surface area contributed by atoms with Crippen LogP contribution in [0.2, 0.25) is 0 Å². The predicted octanol–water partition coefficient (Wildman–Crippen LogP) is 16.9. The number of nitrogens with zero attached hydrogens (tertiary/aromatic N) is 2. The molecular weight excluding hydrogens is 737 g/mol. The number of anilines is 6. The molecule has 0 atom stereocenters. The highest BCUT2D eigenvalue weighted by molar-refractivity contribution is 6.24. The average Bonchev–Trinajstić information content (AvgIpc) is 3.32. The zero-order chi connectivity index (χ0) is 40.7. The van der Waals surface area contributed by atoms with Gasteiger partial charge in [-0.15, -0.1) is 0 Å². The smallest absolute Gasteiger partial charge is 0.0540 e. The maximum absolute atomic E-state index is 2.44. The topological polar surface area (TPSA) is 6.48 Å². The molecule has 0 radical (unpaired) electrons. The Hall–Kier alpha value is -7.94. The van der Waals surface area contributed by atoms with Crippen LogP contribution in [0.3, 0.4) is 0 Å². The maximum Gasteiger partial charge on any atom is 0.0540 e. The summed E-state index contributed by atoms with van der Waals surface area (Å²) in [7, 11) is 0. The van der Waals surface area contributed by atoms with Crippen LogP contribution in [-0.4, -0.2) is 0 Å². The van der Waals surface area contributed by atoms with Crippen LogP contribution in [0.1, 0.15) is 5.56 Å². The van der Waals surface area contributed by atoms with E-state index in [0.717, 1.165) is 34.1 Å². The van der Waals surface area contributed by atoms with Gasteiger partial charge in [-0.25, -0.2) is 0 Å². The number of para-hydroxylation sites is 3. The highest BCUT2D eigenvalue weighted by Gasteiger charge is 2.23. The molecule has 0 aliphatic carbocycles. The largest absolute Gasteiger partial charge is 0.310 e. The Labute approximate surface area is 356 Å². The highest BCUT2D eigenvalue weighted by atomic mass is 15.1. The SMILES string of the molecule is Cc1cccc(-c2c3cc(N(c4ccccc4)c4ccccc4)ccc3c(-c3cccc4ccccc34)c3cc(N(c4ccccc4)c4cccc5ccccc45)ccc23)c1. The molecule has 0 saturated carbocycles. The van der Waals surface area contributed by atoms with Crippen molar-refractivity contribution in [3.05, 3.63) is 242 Å². The Balaban J connectivity index is 1.27. The van der Waals surface area contributed by atoms with Crippen LogP contribution in [0.25, 0.3) is 65.3 Å². The van der Waals surface area contributed by atoms with Gasteiger partial charge >= 0.3 is 0 Å². The van der Waals surface area contributed by atoms with Crippen molar-refractivity contribution >= 4 is 77.2 Å². The molecule has 11 aromatic carbocycles.